The summed E-state index contributed by atoms with van der Waals surface area (Å²) in [5, 5.41) is 0. The minimum absolute atomic E-state index is 0.0500. The Morgan fingerprint density at radius 3 is 2.36 bits per heavy atom. The third-order valence-corrected chi connectivity index (χ3v) is 3.78. The first-order valence-electron chi connectivity index (χ1n) is 7.47. The summed E-state index contributed by atoms with van der Waals surface area (Å²) in [6, 6.07) is 19.1. The van der Waals surface area contributed by atoms with Crippen LogP contribution in [-0.2, 0) is 0 Å². The molecule has 0 saturated heterocycles. The molecule has 0 amide bonds. The second-order valence-corrected chi connectivity index (χ2v) is 5.88. The smallest absolute Gasteiger partial charge is 0.379 e. The second kappa shape index (κ2) is 7.77. The molecule has 3 rings (SSSR count). The molecule has 124 valence electrons. The zero-order valence-electron chi connectivity index (χ0n) is 13.0. The fraction of sp³-hybridized carbons (Fsp3) is 0. The molecule has 0 radical (unpaired) electrons. The molecule has 0 fully saturated rings. The summed E-state index contributed by atoms with van der Waals surface area (Å²) in [5.74, 6) is -0.692. The predicted molar refractivity (Wildman–Crippen MR) is 97.6 cm³/mol. The van der Waals surface area contributed by atoms with Gasteiger partial charge < -0.3 is 9.15 Å². The number of halogens is 1. The van der Waals surface area contributed by atoms with Gasteiger partial charge in [0.15, 0.2) is 10.5 Å². The summed E-state index contributed by atoms with van der Waals surface area (Å²) in [6.07, 6.45) is 3.16. The molecule has 0 aliphatic rings. The summed E-state index contributed by atoms with van der Waals surface area (Å²) in [4.78, 5) is 24.6. The van der Waals surface area contributed by atoms with Crippen LogP contribution < -0.4 is 4.74 Å². The van der Waals surface area contributed by atoms with Gasteiger partial charge in [-0.2, -0.15) is 0 Å². The molecule has 5 heteroatoms. The lowest BCUT2D eigenvalue weighted by molar-refractivity contribution is 0.0698. The number of esters is 1. The molecule has 4 nitrogen and oxygen atoms in total. The van der Waals surface area contributed by atoms with Gasteiger partial charge in [0, 0.05) is 0 Å². The van der Waals surface area contributed by atoms with Crippen LogP contribution in [0.2, 0.25) is 0 Å². The van der Waals surface area contributed by atoms with Gasteiger partial charge in [0.05, 0.1) is 5.56 Å². The second-order valence-electron chi connectivity index (χ2n) is 5.10. The molecule has 2 aromatic carbocycles. The topological polar surface area (TPSA) is 56.5 Å². The Morgan fingerprint density at radius 2 is 1.64 bits per heavy atom. The molecule has 0 aliphatic carbocycles. The Kier molecular flexibility index (Phi) is 5.26. The molecule has 25 heavy (non-hydrogen) atoms. The molecule has 0 N–H and O–H groups in total. The van der Waals surface area contributed by atoms with Crippen molar-refractivity contribution in [2.45, 2.75) is 0 Å². The van der Waals surface area contributed by atoms with E-state index in [-0.39, 0.29) is 17.3 Å². The van der Waals surface area contributed by atoms with Gasteiger partial charge in [-0.25, -0.2) is 4.79 Å². The van der Waals surface area contributed by atoms with E-state index in [1.165, 1.54) is 12.1 Å². The van der Waals surface area contributed by atoms with E-state index in [1.807, 2.05) is 30.3 Å². The number of furan rings is 1. The van der Waals surface area contributed by atoms with Crippen molar-refractivity contribution in [3.63, 3.8) is 0 Å². The van der Waals surface area contributed by atoms with Crippen molar-refractivity contribution in [3.05, 3.63) is 94.4 Å². The van der Waals surface area contributed by atoms with Crippen molar-refractivity contribution in [2.24, 2.45) is 0 Å². The molecular formula is C20H13BrO4. The Hall–Kier alpha value is -2.92. The summed E-state index contributed by atoms with van der Waals surface area (Å²) in [6.45, 7) is 0. The number of benzene rings is 2. The Labute approximate surface area is 152 Å². The highest BCUT2D eigenvalue weighted by Gasteiger charge is 2.17. The van der Waals surface area contributed by atoms with Crippen molar-refractivity contribution in [1.82, 2.24) is 0 Å². The maximum atomic E-state index is 12.5. The first-order valence-corrected chi connectivity index (χ1v) is 8.27. The van der Waals surface area contributed by atoms with Gasteiger partial charge in [-0.15, -0.1) is 0 Å². The van der Waals surface area contributed by atoms with Crippen molar-refractivity contribution in [2.75, 3.05) is 0 Å². The van der Waals surface area contributed by atoms with Crippen molar-refractivity contribution in [3.8, 4) is 5.75 Å². The third-order valence-electron chi connectivity index (χ3n) is 3.36. The lowest BCUT2D eigenvalue weighted by Gasteiger charge is -2.06. The Bertz CT molecular complexity index is 926. The number of ketones is 1. The molecule has 0 spiro atoms. The van der Waals surface area contributed by atoms with E-state index in [1.54, 1.807) is 36.4 Å². The molecule has 1 heterocycles. The van der Waals surface area contributed by atoms with Crippen LogP contribution in [0.5, 0.6) is 5.75 Å². The summed E-state index contributed by atoms with van der Waals surface area (Å²) in [7, 11) is 0. The lowest BCUT2D eigenvalue weighted by atomic mass is 10.1. The number of carbonyl (C=O) groups excluding carboxylic acids is 2. The van der Waals surface area contributed by atoms with E-state index < -0.39 is 5.97 Å². The van der Waals surface area contributed by atoms with Crippen LogP contribution in [0, 0.1) is 0 Å². The molecule has 0 unspecified atom stereocenters. The van der Waals surface area contributed by atoms with Gasteiger partial charge in [-0.3, -0.25) is 4.79 Å². The average molecular weight is 397 g/mol. The predicted octanol–water partition coefficient (Wildman–Crippen LogP) is 5.16. The van der Waals surface area contributed by atoms with Gasteiger partial charge in [0.2, 0.25) is 5.76 Å². The van der Waals surface area contributed by atoms with Crippen LogP contribution in [0.4, 0.5) is 0 Å². The van der Waals surface area contributed by atoms with E-state index in [4.69, 9.17) is 9.15 Å². The van der Waals surface area contributed by atoms with Crippen LogP contribution in [0.1, 0.15) is 26.5 Å². The fourth-order valence-corrected chi connectivity index (χ4v) is 2.47. The number of allylic oxidation sites excluding steroid dienone is 1. The van der Waals surface area contributed by atoms with Crippen LogP contribution in [0.15, 0.2) is 81.9 Å². The van der Waals surface area contributed by atoms with Gasteiger partial charge in [0.1, 0.15) is 5.75 Å². The van der Waals surface area contributed by atoms with Gasteiger partial charge in [-0.1, -0.05) is 48.5 Å². The zero-order valence-corrected chi connectivity index (χ0v) is 14.6. The van der Waals surface area contributed by atoms with E-state index in [0.29, 0.717) is 10.2 Å². The number of rotatable bonds is 5. The molecule has 0 bridgehead atoms. The van der Waals surface area contributed by atoms with Crippen molar-refractivity contribution >= 4 is 33.8 Å². The van der Waals surface area contributed by atoms with Gasteiger partial charge in [-0.05, 0) is 51.8 Å². The number of hydrogen-bond donors (Lipinski definition) is 0. The monoisotopic (exact) mass is 396 g/mol. The molecule has 3 aromatic rings. The Morgan fingerprint density at radius 1 is 0.920 bits per heavy atom. The van der Waals surface area contributed by atoms with Crippen LogP contribution in [0.3, 0.4) is 0 Å². The summed E-state index contributed by atoms with van der Waals surface area (Å²) < 4.78 is 10.9. The first-order chi connectivity index (χ1) is 12.1. The van der Waals surface area contributed by atoms with Gasteiger partial charge >= 0.3 is 5.97 Å². The van der Waals surface area contributed by atoms with Crippen LogP contribution in [0.25, 0.3) is 6.08 Å². The molecule has 1 aromatic heterocycles. The normalized spacial score (nSPS) is 10.8. The maximum absolute atomic E-state index is 12.5. The molecule has 0 atom stereocenters. The standard InChI is InChI=1S/C20H13BrO4/c21-19-13-12-18(24-19)20(23)25-17-9-5-4-8-15(17)16(22)11-10-14-6-2-1-3-7-14/h1-13H/b11-10+. The highest BCUT2D eigenvalue weighted by molar-refractivity contribution is 9.10. The van der Waals surface area contributed by atoms with Crippen LogP contribution in [-0.4, -0.2) is 11.8 Å². The SMILES string of the molecule is O=C(Oc1ccccc1C(=O)/C=C/c1ccccc1)c1ccc(Br)o1. The highest BCUT2D eigenvalue weighted by Crippen LogP contribution is 2.22. The third kappa shape index (κ3) is 4.33. The lowest BCUT2D eigenvalue weighted by Crippen LogP contribution is -2.10. The fourth-order valence-electron chi connectivity index (χ4n) is 2.16. The van der Waals surface area contributed by atoms with Crippen molar-refractivity contribution in [1.29, 1.82) is 0 Å². The summed E-state index contributed by atoms with van der Waals surface area (Å²) in [5.41, 5.74) is 1.21. The van der Waals surface area contributed by atoms with Crippen LogP contribution >= 0.6 is 15.9 Å². The van der Waals surface area contributed by atoms with Crippen molar-refractivity contribution < 1.29 is 18.7 Å². The number of ether oxygens (including phenoxy) is 1. The molecule has 0 aliphatic heterocycles. The van der Waals surface area contributed by atoms with E-state index in [9.17, 15) is 9.59 Å². The molecular weight excluding hydrogens is 384 g/mol. The average Bonchev–Trinajstić information content (AvgIpc) is 3.07. The minimum atomic E-state index is -0.669. The maximum Gasteiger partial charge on any atom is 0.379 e. The minimum Gasteiger partial charge on any atom is -0.442 e. The zero-order chi connectivity index (χ0) is 17.6. The number of hydrogen-bond acceptors (Lipinski definition) is 4. The quantitative estimate of drug-likeness (QED) is 0.258. The first kappa shape index (κ1) is 16.9. The van der Waals surface area contributed by atoms with E-state index in [2.05, 4.69) is 15.9 Å². The highest BCUT2D eigenvalue weighted by atomic mass is 79.9. The van der Waals surface area contributed by atoms with E-state index in [0.717, 1.165) is 5.56 Å². The molecule has 0 saturated carbocycles. The summed E-state index contributed by atoms with van der Waals surface area (Å²) >= 11 is 3.13. The van der Waals surface area contributed by atoms with Gasteiger partial charge in [0.25, 0.3) is 0 Å². The number of carbonyl (C=O) groups is 2. The number of para-hydroxylation sites is 1. The largest absolute Gasteiger partial charge is 0.442 e. The van der Waals surface area contributed by atoms with E-state index >= 15 is 0 Å². The Balaban J connectivity index is 1.79.